The summed E-state index contributed by atoms with van der Waals surface area (Å²) in [5, 5.41) is 7.43. The first-order valence-corrected chi connectivity index (χ1v) is 9.50. The average Bonchev–Trinajstić information content (AvgIpc) is 2.47. The molecule has 0 saturated carbocycles. The highest BCUT2D eigenvalue weighted by Crippen LogP contribution is 2.29. The van der Waals surface area contributed by atoms with Gasteiger partial charge in [0.05, 0.1) is 27.6 Å². The van der Waals surface area contributed by atoms with Crippen LogP contribution in [0.15, 0.2) is 12.7 Å². The molecular formula is C15H25Cl5O. The molecule has 0 aliphatic rings. The van der Waals surface area contributed by atoms with Crippen LogP contribution in [0.25, 0.3) is 0 Å². The molecule has 0 aromatic heterocycles. The summed E-state index contributed by atoms with van der Waals surface area (Å²) in [7, 11) is 0. The highest BCUT2D eigenvalue weighted by Gasteiger charge is 2.35. The number of hydrogen-bond donors (Lipinski definition) is 1. The fraction of sp³-hybridized carbons (Fsp3) is 0.867. The van der Waals surface area contributed by atoms with Gasteiger partial charge in [-0.15, -0.1) is 64.6 Å². The van der Waals surface area contributed by atoms with Gasteiger partial charge in [-0.05, 0) is 26.2 Å². The van der Waals surface area contributed by atoms with E-state index in [0.717, 1.165) is 38.5 Å². The van der Waals surface area contributed by atoms with E-state index in [1.165, 1.54) is 0 Å². The van der Waals surface area contributed by atoms with Crippen molar-refractivity contribution >= 4 is 58.0 Å². The minimum Gasteiger partial charge on any atom is -0.390 e. The lowest BCUT2D eigenvalue weighted by atomic mass is 10.0. The summed E-state index contributed by atoms with van der Waals surface area (Å²) in [6, 6.07) is 0. The molecule has 6 heteroatoms. The Kier molecular flexibility index (Phi) is 13.2. The maximum Gasteiger partial charge on any atom is 0.0896 e. The van der Waals surface area contributed by atoms with Crippen LogP contribution in [0.3, 0.4) is 0 Å². The van der Waals surface area contributed by atoms with Crippen LogP contribution in [0.1, 0.15) is 45.4 Å². The van der Waals surface area contributed by atoms with Crippen LogP contribution in [0, 0.1) is 0 Å². The molecule has 6 atom stereocenters. The van der Waals surface area contributed by atoms with E-state index in [1.807, 2.05) is 6.08 Å². The normalized spacial score (nSPS) is 20.3. The van der Waals surface area contributed by atoms with Crippen molar-refractivity contribution in [1.29, 1.82) is 0 Å². The van der Waals surface area contributed by atoms with Crippen LogP contribution in [0.5, 0.6) is 0 Å². The maximum atomic E-state index is 10.0. The van der Waals surface area contributed by atoms with Gasteiger partial charge in [-0.3, -0.25) is 0 Å². The molecule has 0 aliphatic carbocycles. The maximum absolute atomic E-state index is 10.0. The highest BCUT2D eigenvalue weighted by atomic mass is 35.5. The summed E-state index contributed by atoms with van der Waals surface area (Å²) in [6.45, 7) is 5.40. The largest absolute Gasteiger partial charge is 0.390 e. The Morgan fingerprint density at radius 1 is 0.905 bits per heavy atom. The summed E-state index contributed by atoms with van der Waals surface area (Å²) in [4.78, 5) is 0. The molecule has 0 spiro atoms. The molecule has 1 N–H and O–H groups in total. The fourth-order valence-electron chi connectivity index (χ4n) is 1.98. The van der Waals surface area contributed by atoms with E-state index in [-0.39, 0.29) is 5.38 Å². The third-order valence-electron chi connectivity index (χ3n) is 3.38. The number of rotatable bonds is 12. The molecule has 0 bridgehead atoms. The average molecular weight is 399 g/mol. The summed E-state index contributed by atoms with van der Waals surface area (Å²) in [5.41, 5.74) is 0. The Morgan fingerprint density at radius 2 is 1.48 bits per heavy atom. The summed E-state index contributed by atoms with van der Waals surface area (Å²) in [6.07, 6.45) is 7.16. The number of hydrogen-bond acceptors (Lipinski definition) is 1. The molecule has 0 aromatic carbocycles. The second-order valence-electron chi connectivity index (χ2n) is 5.30. The zero-order valence-electron chi connectivity index (χ0n) is 12.3. The zero-order valence-corrected chi connectivity index (χ0v) is 16.1. The Morgan fingerprint density at radius 3 is 2.00 bits per heavy atom. The first-order chi connectivity index (χ1) is 9.82. The van der Waals surface area contributed by atoms with Crippen LogP contribution in [0.2, 0.25) is 0 Å². The van der Waals surface area contributed by atoms with Gasteiger partial charge in [0, 0.05) is 5.38 Å². The molecule has 6 unspecified atom stereocenters. The van der Waals surface area contributed by atoms with Crippen LogP contribution in [0.4, 0.5) is 0 Å². The Labute approximate surface area is 153 Å². The Bertz CT molecular complexity index is 275. The lowest BCUT2D eigenvalue weighted by Gasteiger charge is -2.28. The summed E-state index contributed by atoms with van der Waals surface area (Å²) < 4.78 is 0. The van der Waals surface area contributed by atoms with Crippen molar-refractivity contribution in [3.63, 3.8) is 0 Å². The third kappa shape index (κ3) is 9.13. The van der Waals surface area contributed by atoms with Gasteiger partial charge in [0.2, 0.25) is 0 Å². The van der Waals surface area contributed by atoms with Gasteiger partial charge in [0.1, 0.15) is 0 Å². The lowest BCUT2D eigenvalue weighted by Crippen LogP contribution is -2.42. The van der Waals surface area contributed by atoms with Crippen LogP contribution in [-0.4, -0.2) is 38.1 Å². The number of alkyl halides is 5. The first-order valence-electron chi connectivity index (χ1n) is 7.32. The van der Waals surface area contributed by atoms with Crippen molar-refractivity contribution in [1.82, 2.24) is 0 Å². The molecule has 1 nitrogen and oxygen atoms in total. The second-order valence-corrected chi connectivity index (χ2v) is 8.06. The molecule has 0 rings (SSSR count). The van der Waals surface area contributed by atoms with Gasteiger partial charge in [-0.1, -0.05) is 25.3 Å². The van der Waals surface area contributed by atoms with Gasteiger partial charge in [-0.2, -0.15) is 0 Å². The van der Waals surface area contributed by atoms with E-state index in [1.54, 1.807) is 6.92 Å². The monoisotopic (exact) mass is 396 g/mol. The molecule has 0 heterocycles. The minimum atomic E-state index is -0.989. The van der Waals surface area contributed by atoms with Gasteiger partial charge >= 0.3 is 0 Å². The molecule has 0 fully saturated rings. The number of allylic oxidation sites excluding steroid dienone is 1. The predicted molar refractivity (Wildman–Crippen MR) is 97.8 cm³/mol. The van der Waals surface area contributed by atoms with E-state index in [2.05, 4.69) is 6.58 Å². The highest BCUT2D eigenvalue weighted by molar-refractivity contribution is 6.36. The standard InChI is InChI=1S/C15H25Cl5O/c1-3-4-5-6-7-8-9-11(17)13(19)14(20)15(21)12(18)10(2)16/h3,10-15,21H,1,4-9H2,2H3. The fourth-order valence-corrected chi connectivity index (χ4v) is 3.35. The zero-order chi connectivity index (χ0) is 16.4. The Hall–Kier alpha value is 1.15. The van der Waals surface area contributed by atoms with Gasteiger partial charge in [0.25, 0.3) is 0 Å². The van der Waals surface area contributed by atoms with Crippen molar-refractivity contribution in [3.8, 4) is 0 Å². The molecule has 21 heavy (non-hydrogen) atoms. The first kappa shape index (κ1) is 22.1. The molecule has 0 aromatic rings. The van der Waals surface area contributed by atoms with E-state index >= 15 is 0 Å². The van der Waals surface area contributed by atoms with Crippen LogP contribution in [-0.2, 0) is 0 Å². The quantitative estimate of drug-likeness (QED) is 0.245. The van der Waals surface area contributed by atoms with E-state index < -0.39 is 27.6 Å². The van der Waals surface area contributed by atoms with E-state index in [4.69, 9.17) is 58.0 Å². The molecule has 0 aliphatic heterocycles. The third-order valence-corrected chi connectivity index (χ3v) is 6.27. The number of aliphatic hydroxyl groups is 1. The van der Waals surface area contributed by atoms with Crippen LogP contribution >= 0.6 is 58.0 Å². The molecule has 0 amide bonds. The van der Waals surface area contributed by atoms with Crippen molar-refractivity contribution in [2.75, 3.05) is 0 Å². The number of unbranched alkanes of at least 4 members (excludes halogenated alkanes) is 4. The number of aliphatic hydroxyl groups excluding tert-OH is 1. The van der Waals surface area contributed by atoms with Crippen molar-refractivity contribution in [2.24, 2.45) is 0 Å². The van der Waals surface area contributed by atoms with Gasteiger partial charge < -0.3 is 5.11 Å². The lowest BCUT2D eigenvalue weighted by molar-refractivity contribution is 0.160. The van der Waals surface area contributed by atoms with Gasteiger partial charge in [0.15, 0.2) is 0 Å². The molecule has 126 valence electrons. The van der Waals surface area contributed by atoms with E-state index in [9.17, 15) is 5.11 Å². The molecule has 0 radical (unpaired) electrons. The minimum absolute atomic E-state index is 0.294. The molecule has 0 saturated heterocycles. The SMILES string of the molecule is C=CCCCCCCC(Cl)C(Cl)C(Cl)C(O)C(Cl)C(C)Cl. The van der Waals surface area contributed by atoms with Crippen LogP contribution < -0.4 is 0 Å². The topological polar surface area (TPSA) is 20.2 Å². The Balaban J connectivity index is 4.06. The predicted octanol–water partition coefficient (Wildman–Crippen LogP) is 5.93. The van der Waals surface area contributed by atoms with Gasteiger partial charge in [-0.25, -0.2) is 0 Å². The second kappa shape index (κ2) is 12.6. The summed E-state index contributed by atoms with van der Waals surface area (Å²) in [5.74, 6) is 0. The van der Waals surface area contributed by atoms with Crippen molar-refractivity contribution < 1.29 is 5.11 Å². The molecular weight excluding hydrogens is 373 g/mol. The van der Waals surface area contributed by atoms with Crippen molar-refractivity contribution in [3.05, 3.63) is 12.7 Å². The van der Waals surface area contributed by atoms with Crippen molar-refractivity contribution in [2.45, 2.75) is 78.4 Å². The summed E-state index contributed by atoms with van der Waals surface area (Å²) >= 11 is 30.6. The number of halogens is 5. The van der Waals surface area contributed by atoms with E-state index in [0.29, 0.717) is 0 Å². The smallest absolute Gasteiger partial charge is 0.0896 e.